The molecule has 0 N–H and O–H groups in total. The van der Waals surface area contributed by atoms with E-state index in [1.54, 1.807) is 4.57 Å². The molecule has 2 aromatic rings. The summed E-state index contributed by atoms with van der Waals surface area (Å²) in [6.45, 7) is 1.96. The number of halogens is 1. The Morgan fingerprint density at radius 3 is 2.68 bits per heavy atom. The summed E-state index contributed by atoms with van der Waals surface area (Å²) in [5.41, 5.74) is 0.790. The summed E-state index contributed by atoms with van der Waals surface area (Å²) in [5, 5.41) is 11.5. The van der Waals surface area contributed by atoms with Crippen molar-refractivity contribution in [2.45, 2.75) is 37.4 Å². The summed E-state index contributed by atoms with van der Waals surface area (Å²) in [4.78, 5) is 0.758. The third-order valence-electron chi connectivity index (χ3n) is 2.89. The maximum Gasteiger partial charge on any atom is 0.296 e. The molecule has 0 aliphatic heterocycles. The fourth-order valence-corrected chi connectivity index (χ4v) is 3.53. The molecule has 19 heavy (non-hydrogen) atoms. The van der Waals surface area contributed by atoms with Crippen molar-refractivity contribution in [2.24, 2.45) is 0 Å². The number of hydrogen-bond donors (Lipinski definition) is 0. The molecule has 0 unspecified atom stereocenters. The first-order valence-electron chi connectivity index (χ1n) is 5.73. The molecule has 1 aliphatic rings. The van der Waals surface area contributed by atoms with E-state index >= 15 is 0 Å². The van der Waals surface area contributed by atoms with Crippen molar-refractivity contribution >= 4 is 31.3 Å². The zero-order chi connectivity index (χ0) is 13.6. The van der Waals surface area contributed by atoms with Gasteiger partial charge in [0.2, 0.25) is 0 Å². The Hall–Kier alpha value is -1.06. The van der Waals surface area contributed by atoms with Crippen LogP contribution in [0.15, 0.2) is 5.16 Å². The quantitative estimate of drug-likeness (QED) is 0.795. The fourth-order valence-electron chi connectivity index (χ4n) is 1.87. The summed E-state index contributed by atoms with van der Waals surface area (Å²) >= 11 is 1.19. The first-order chi connectivity index (χ1) is 9.02. The van der Waals surface area contributed by atoms with Gasteiger partial charge in [0.1, 0.15) is 4.88 Å². The molecule has 0 bridgehead atoms. The van der Waals surface area contributed by atoms with Gasteiger partial charge in [-0.15, -0.1) is 15.3 Å². The highest BCUT2D eigenvalue weighted by Gasteiger charge is 2.35. The molecule has 0 radical (unpaired) electrons. The number of hydrogen-bond acceptors (Lipinski definition) is 7. The van der Waals surface area contributed by atoms with E-state index < -0.39 is 9.05 Å². The predicted molar refractivity (Wildman–Crippen MR) is 69.6 cm³/mol. The number of aryl methyl sites for hydroxylation is 1. The van der Waals surface area contributed by atoms with Crippen LogP contribution in [0.1, 0.15) is 31.5 Å². The molecule has 2 aromatic heterocycles. The summed E-state index contributed by atoms with van der Waals surface area (Å²) in [6.07, 6.45) is 2.50. The summed E-state index contributed by atoms with van der Waals surface area (Å²) in [6, 6.07) is 0.0975. The third-order valence-corrected chi connectivity index (χ3v) is 4.78. The van der Waals surface area contributed by atoms with Crippen molar-refractivity contribution in [3.05, 3.63) is 5.69 Å². The summed E-state index contributed by atoms with van der Waals surface area (Å²) in [7, 11) is 1.50. The van der Waals surface area contributed by atoms with Gasteiger partial charge in [-0.2, -0.15) is 0 Å². The highest BCUT2D eigenvalue weighted by atomic mass is 35.7. The molecule has 2 heterocycles. The Kier molecular flexibility index (Phi) is 3.06. The van der Waals surface area contributed by atoms with Crippen LogP contribution in [0, 0.1) is 0 Å². The van der Waals surface area contributed by atoms with Crippen LogP contribution in [0.2, 0.25) is 0 Å². The molecule has 1 saturated carbocycles. The molecule has 1 fully saturated rings. The van der Waals surface area contributed by atoms with E-state index in [1.165, 1.54) is 11.5 Å². The molecule has 3 rings (SSSR count). The highest BCUT2D eigenvalue weighted by molar-refractivity contribution is 8.13. The molecule has 102 valence electrons. The van der Waals surface area contributed by atoms with E-state index in [0.717, 1.165) is 23.4 Å². The van der Waals surface area contributed by atoms with Crippen molar-refractivity contribution in [1.29, 1.82) is 0 Å². The lowest BCUT2D eigenvalue weighted by molar-refractivity contribution is 0.579. The van der Waals surface area contributed by atoms with Gasteiger partial charge in [-0.1, -0.05) is 11.4 Å². The first kappa shape index (κ1) is 12.9. The van der Waals surface area contributed by atoms with E-state index in [9.17, 15) is 8.42 Å². The molecule has 0 aromatic carbocycles. The second-order valence-corrected chi connectivity index (χ2v) is 7.46. The van der Waals surface area contributed by atoms with Gasteiger partial charge < -0.3 is 0 Å². The summed E-state index contributed by atoms with van der Waals surface area (Å²) < 4.78 is 28.6. The Morgan fingerprint density at radius 1 is 1.37 bits per heavy atom. The van der Waals surface area contributed by atoms with Crippen LogP contribution in [0.5, 0.6) is 0 Å². The lowest BCUT2D eigenvalue weighted by Gasteiger charge is -2.05. The molecular weight excluding hydrogens is 310 g/mol. The molecular formula is C9H10ClN5O2S2. The Labute approximate surface area is 118 Å². The lowest BCUT2D eigenvalue weighted by atomic mass is 10.3. The van der Waals surface area contributed by atoms with E-state index in [1.807, 2.05) is 6.92 Å². The zero-order valence-corrected chi connectivity index (χ0v) is 12.3. The molecule has 10 heteroatoms. The Bertz CT molecular complexity index is 719. The number of rotatable bonds is 4. The molecule has 1 aliphatic carbocycles. The number of nitrogens with zero attached hydrogens (tertiary/aromatic N) is 5. The van der Waals surface area contributed by atoms with Gasteiger partial charge in [-0.3, -0.25) is 4.57 Å². The highest BCUT2D eigenvalue weighted by Crippen LogP contribution is 2.41. The molecule has 0 spiro atoms. The summed E-state index contributed by atoms with van der Waals surface area (Å²) in [5.74, 6) is 0.494. The number of aromatic nitrogens is 5. The minimum Gasteiger partial charge on any atom is -0.293 e. The predicted octanol–water partition coefficient (Wildman–Crippen LogP) is 1.62. The van der Waals surface area contributed by atoms with Crippen molar-refractivity contribution in [1.82, 2.24) is 24.4 Å². The van der Waals surface area contributed by atoms with Crippen LogP contribution >= 0.6 is 22.2 Å². The SMILES string of the molecule is CCc1nnsc1-c1nnc(S(=O)(=O)Cl)n1C1CC1. The second-order valence-electron chi connectivity index (χ2n) is 4.25. The Morgan fingerprint density at radius 2 is 2.11 bits per heavy atom. The van der Waals surface area contributed by atoms with Crippen molar-refractivity contribution in [3.63, 3.8) is 0 Å². The van der Waals surface area contributed by atoms with Crippen LogP contribution in [-0.2, 0) is 15.5 Å². The topological polar surface area (TPSA) is 90.6 Å². The van der Waals surface area contributed by atoms with Crippen LogP contribution in [0.4, 0.5) is 0 Å². The third kappa shape index (κ3) is 2.26. The van der Waals surface area contributed by atoms with Crippen molar-refractivity contribution < 1.29 is 8.42 Å². The maximum absolute atomic E-state index is 11.5. The lowest BCUT2D eigenvalue weighted by Crippen LogP contribution is -2.06. The van der Waals surface area contributed by atoms with E-state index in [4.69, 9.17) is 10.7 Å². The minimum atomic E-state index is -3.90. The monoisotopic (exact) mass is 319 g/mol. The normalized spacial score (nSPS) is 15.9. The van der Waals surface area contributed by atoms with Crippen LogP contribution in [0.25, 0.3) is 10.7 Å². The van der Waals surface area contributed by atoms with Gasteiger partial charge in [0.25, 0.3) is 14.2 Å². The van der Waals surface area contributed by atoms with Crippen LogP contribution in [0.3, 0.4) is 0 Å². The standard InChI is InChI=1S/C9H10ClN5O2S2/c1-2-6-7(18-14-11-6)8-12-13-9(19(10,16)17)15(8)5-3-4-5/h5H,2-4H2,1H3. The van der Waals surface area contributed by atoms with Gasteiger partial charge in [-0.25, -0.2) is 8.42 Å². The smallest absolute Gasteiger partial charge is 0.293 e. The second kappa shape index (κ2) is 4.50. The molecule has 0 amide bonds. The van der Waals surface area contributed by atoms with Gasteiger partial charge >= 0.3 is 0 Å². The van der Waals surface area contributed by atoms with E-state index in [2.05, 4.69) is 19.8 Å². The first-order valence-corrected chi connectivity index (χ1v) is 8.81. The van der Waals surface area contributed by atoms with Gasteiger partial charge in [-0.05, 0) is 30.8 Å². The largest absolute Gasteiger partial charge is 0.296 e. The van der Waals surface area contributed by atoms with Gasteiger partial charge in [0, 0.05) is 16.7 Å². The van der Waals surface area contributed by atoms with Crippen LogP contribution in [-0.4, -0.2) is 32.8 Å². The molecule has 0 atom stereocenters. The fraction of sp³-hybridized carbons (Fsp3) is 0.556. The van der Waals surface area contributed by atoms with E-state index in [-0.39, 0.29) is 11.2 Å². The average Bonchev–Trinajstić information content (AvgIpc) is 2.92. The Balaban J connectivity index is 2.20. The molecule has 7 nitrogen and oxygen atoms in total. The van der Waals surface area contributed by atoms with Gasteiger partial charge in [0.05, 0.1) is 5.69 Å². The average molecular weight is 320 g/mol. The van der Waals surface area contributed by atoms with E-state index in [0.29, 0.717) is 12.2 Å². The van der Waals surface area contributed by atoms with Crippen molar-refractivity contribution in [3.8, 4) is 10.7 Å². The maximum atomic E-state index is 11.5. The minimum absolute atomic E-state index is 0.0975. The van der Waals surface area contributed by atoms with Crippen LogP contribution < -0.4 is 0 Å². The zero-order valence-electron chi connectivity index (χ0n) is 9.95. The molecule has 0 saturated heterocycles. The van der Waals surface area contributed by atoms with Crippen molar-refractivity contribution in [2.75, 3.05) is 0 Å². The van der Waals surface area contributed by atoms with Gasteiger partial charge in [0.15, 0.2) is 5.82 Å².